The number of hydrogen-bond donors (Lipinski definition) is 1. The largest absolute Gasteiger partial charge is 0.393 e. The molecule has 1 aromatic heterocycles. The molecule has 0 aromatic carbocycles. The second-order valence-electron chi connectivity index (χ2n) is 4.86. The molecule has 0 aliphatic carbocycles. The summed E-state index contributed by atoms with van der Waals surface area (Å²) >= 11 is 6.32. The van der Waals surface area contributed by atoms with E-state index in [9.17, 15) is 5.11 Å². The Labute approximate surface area is 120 Å². The quantitative estimate of drug-likeness (QED) is 0.800. The van der Waals surface area contributed by atoms with Crippen molar-refractivity contribution in [1.29, 1.82) is 0 Å². The molecule has 110 valence electrons. The van der Waals surface area contributed by atoms with Crippen molar-refractivity contribution in [2.45, 2.75) is 65.2 Å². The maximum absolute atomic E-state index is 10.1. The lowest BCUT2D eigenvalue weighted by Gasteiger charge is -2.14. The van der Waals surface area contributed by atoms with Gasteiger partial charge >= 0.3 is 0 Å². The van der Waals surface area contributed by atoms with Crippen LogP contribution < -0.4 is 0 Å². The smallest absolute Gasteiger partial charge is 0.0850 e. The molecule has 19 heavy (non-hydrogen) atoms. The van der Waals surface area contributed by atoms with Crippen LogP contribution in [0.5, 0.6) is 0 Å². The summed E-state index contributed by atoms with van der Waals surface area (Å²) in [5.74, 6) is 0. The molecule has 2 atom stereocenters. The van der Waals surface area contributed by atoms with E-state index in [4.69, 9.17) is 16.3 Å². The van der Waals surface area contributed by atoms with Crippen molar-refractivity contribution in [3.63, 3.8) is 0 Å². The summed E-state index contributed by atoms with van der Waals surface area (Å²) in [5, 5.41) is 15.3. The van der Waals surface area contributed by atoms with E-state index in [1.165, 1.54) is 0 Å². The lowest BCUT2D eigenvalue weighted by molar-refractivity contribution is 0.0846. The minimum atomic E-state index is -0.401. The topological polar surface area (TPSA) is 47.3 Å². The average molecular weight is 289 g/mol. The van der Waals surface area contributed by atoms with E-state index in [1.54, 1.807) is 7.11 Å². The van der Waals surface area contributed by atoms with Crippen LogP contribution in [-0.4, -0.2) is 34.2 Å². The molecule has 0 radical (unpaired) electrons. The standard InChI is InChI=1S/C14H25ClN2O2/c1-5-12-14(15)13(17(6-2)16-12)9-11(18)8-7-10(3)19-4/h10-11,18H,5-9H2,1-4H3. The van der Waals surface area contributed by atoms with Gasteiger partial charge in [0.2, 0.25) is 0 Å². The minimum Gasteiger partial charge on any atom is -0.393 e. The van der Waals surface area contributed by atoms with E-state index in [-0.39, 0.29) is 6.10 Å². The van der Waals surface area contributed by atoms with Gasteiger partial charge in [0.15, 0.2) is 0 Å². The highest BCUT2D eigenvalue weighted by Gasteiger charge is 2.18. The lowest BCUT2D eigenvalue weighted by atomic mass is 10.1. The molecule has 1 N–H and O–H groups in total. The van der Waals surface area contributed by atoms with E-state index < -0.39 is 6.10 Å². The molecular formula is C14H25ClN2O2. The molecule has 0 aliphatic rings. The number of methoxy groups -OCH3 is 1. The van der Waals surface area contributed by atoms with Crippen LogP contribution in [0.25, 0.3) is 0 Å². The lowest BCUT2D eigenvalue weighted by Crippen LogP contribution is -2.17. The molecule has 1 rings (SSSR count). The van der Waals surface area contributed by atoms with Crippen LogP contribution in [0.2, 0.25) is 5.02 Å². The Bertz CT molecular complexity index is 393. The predicted molar refractivity (Wildman–Crippen MR) is 77.7 cm³/mol. The van der Waals surface area contributed by atoms with Crippen molar-refractivity contribution in [1.82, 2.24) is 9.78 Å². The molecule has 2 unspecified atom stereocenters. The molecule has 4 nitrogen and oxygen atoms in total. The fourth-order valence-electron chi connectivity index (χ4n) is 2.08. The third kappa shape index (κ3) is 4.48. The van der Waals surface area contributed by atoms with Gasteiger partial charge in [-0.2, -0.15) is 5.10 Å². The van der Waals surface area contributed by atoms with Gasteiger partial charge in [-0.1, -0.05) is 18.5 Å². The first-order valence-electron chi connectivity index (χ1n) is 6.98. The number of aryl methyl sites for hydroxylation is 2. The van der Waals surface area contributed by atoms with Gasteiger partial charge in [-0.05, 0) is 33.1 Å². The number of aliphatic hydroxyl groups excluding tert-OH is 1. The number of aromatic nitrogens is 2. The van der Waals surface area contributed by atoms with Crippen molar-refractivity contribution in [2.24, 2.45) is 0 Å². The van der Waals surface area contributed by atoms with Crippen LogP contribution in [0.15, 0.2) is 0 Å². The maximum atomic E-state index is 10.1. The Morgan fingerprint density at radius 1 is 1.37 bits per heavy atom. The fraction of sp³-hybridized carbons (Fsp3) is 0.786. The molecular weight excluding hydrogens is 264 g/mol. The van der Waals surface area contributed by atoms with E-state index in [0.29, 0.717) is 17.9 Å². The van der Waals surface area contributed by atoms with Crippen LogP contribution in [0.3, 0.4) is 0 Å². The summed E-state index contributed by atoms with van der Waals surface area (Å²) in [6, 6.07) is 0. The molecule has 0 spiro atoms. The maximum Gasteiger partial charge on any atom is 0.0850 e. The van der Waals surface area contributed by atoms with Crippen molar-refractivity contribution in [2.75, 3.05) is 7.11 Å². The van der Waals surface area contributed by atoms with Crippen LogP contribution in [0, 0.1) is 0 Å². The zero-order valence-corrected chi connectivity index (χ0v) is 13.1. The van der Waals surface area contributed by atoms with Crippen LogP contribution in [0.4, 0.5) is 0 Å². The summed E-state index contributed by atoms with van der Waals surface area (Å²) in [6.07, 6.45) is 2.69. The van der Waals surface area contributed by atoms with Gasteiger partial charge in [0.1, 0.15) is 0 Å². The first-order chi connectivity index (χ1) is 9.03. The van der Waals surface area contributed by atoms with Gasteiger partial charge in [-0.3, -0.25) is 4.68 Å². The van der Waals surface area contributed by atoms with Gasteiger partial charge < -0.3 is 9.84 Å². The van der Waals surface area contributed by atoms with Gasteiger partial charge in [0, 0.05) is 20.1 Å². The number of ether oxygens (including phenoxy) is 1. The third-order valence-electron chi connectivity index (χ3n) is 3.43. The molecule has 0 bridgehead atoms. The van der Waals surface area contributed by atoms with E-state index in [0.717, 1.165) is 30.8 Å². The van der Waals surface area contributed by atoms with Gasteiger partial charge in [0.25, 0.3) is 0 Å². The molecule has 0 saturated heterocycles. The Morgan fingerprint density at radius 3 is 2.58 bits per heavy atom. The zero-order valence-electron chi connectivity index (χ0n) is 12.3. The van der Waals surface area contributed by atoms with E-state index in [1.807, 2.05) is 25.5 Å². The Balaban J connectivity index is 2.67. The van der Waals surface area contributed by atoms with Crippen LogP contribution >= 0.6 is 11.6 Å². The SMILES string of the molecule is CCc1nn(CC)c(CC(O)CCC(C)OC)c1Cl. The second kappa shape index (κ2) is 7.88. The molecule has 5 heteroatoms. The predicted octanol–water partition coefficient (Wildman–Crippen LogP) is 2.84. The van der Waals surface area contributed by atoms with Gasteiger partial charge in [-0.25, -0.2) is 0 Å². The van der Waals surface area contributed by atoms with Crippen LogP contribution in [0.1, 0.15) is 45.0 Å². The Kier molecular flexibility index (Phi) is 6.83. The van der Waals surface area contributed by atoms with E-state index in [2.05, 4.69) is 5.10 Å². The highest BCUT2D eigenvalue weighted by Crippen LogP contribution is 2.23. The summed E-state index contributed by atoms with van der Waals surface area (Å²) in [5.41, 5.74) is 1.86. The summed E-state index contributed by atoms with van der Waals surface area (Å²) in [4.78, 5) is 0. The molecule has 0 aliphatic heterocycles. The fourth-order valence-corrected chi connectivity index (χ4v) is 2.43. The Morgan fingerprint density at radius 2 is 2.05 bits per heavy atom. The van der Waals surface area contributed by atoms with Crippen molar-refractivity contribution >= 4 is 11.6 Å². The number of rotatable bonds is 8. The monoisotopic (exact) mass is 288 g/mol. The molecule has 0 fully saturated rings. The third-order valence-corrected chi connectivity index (χ3v) is 3.87. The average Bonchev–Trinajstić information content (AvgIpc) is 2.72. The summed E-state index contributed by atoms with van der Waals surface area (Å²) in [6.45, 7) is 6.85. The molecule has 1 aromatic rings. The molecule has 1 heterocycles. The highest BCUT2D eigenvalue weighted by molar-refractivity contribution is 6.31. The first-order valence-corrected chi connectivity index (χ1v) is 7.36. The first kappa shape index (κ1) is 16.5. The normalized spacial score (nSPS) is 14.6. The second-order valence-corrected chi connectivity index (χ2v) is 5.24. The van der Waals surface area contributed by atoms with Crippen LogP contribution in [-0.2, 0) is 24.1 Å². The summed E-state index contributed by atoms with van der Waals surface area (Å²) < 4.78 is 7.08. The number of hydrogen-bond acceptors (Lipinski definition) is 3. The van der Waals surface area contributed by atoms with E-state index >= 15 is 0 Å². The van der Waals surface area contributed by atoms with Gasteiger partial charge in [0.05, 0.1) is 28.6 Å². The minimum absolute atomic E-state index is 0.174. The molecule has 0 amide bonds. The number of aliphatic hydroxyl groups is 1. The Hall–Kier alpha value is -0.580. The van der Waals surface area contributed by atoms with Gasteiger partial charge in [-0.15, -0.1) is 0 Å². The highest BCUT2D eigenvalue weighted by atomic mass is 35.5. The van der Waals surface area contributed by atoms with Crippen molar-refractivity contribution in [3.8, 4) is 0 Å². The number of nitrogens with zero attached hydrogens (tertiary/aromatic N) is 2. The van der Waals surface area contributed by atoms with Crippen molar-refractivity contribution in [3.05, 3.63) is 16.4 Å². The zero-order chi connectivity index (χ0) is 14.4. The number of halogens is 1. The molecule has 0 saturated carbocycles. The summed E-state index contributed by atoms with van der Waals surface area (Å²) in [7, 11) is 1.69. The van der Waals surface area contributed by atoms with Crippen molar-refractivity contribution < 1.29 is 9.84 Å².